The second-order valence-corrected chi connectivity index (χ2v) is 7.49. The number of benzene rings is 2. The van der Waals surface area contributed by atoms with Gasteiger partial charge in [-0.1, -0.05) is 38.1 Å². The maximum atomic E-state index is 12.0. The average molecular weight is 442 g/mol. The third kappa shape index (κ3) is 8.10. The first-order valence-corrected chi connectivity index (χ1v) is 10.1. The minimum Gasteiger partial charge on any atom is -0.497 e. The van der Waals surface area contributed by atoms with Crippen molar-refractivity contribution in [3.05, 3.63) is 65.2 Å². The summed E-state index contributed by atoms with van der Waals surface area (Å²) in [6, 6.07) is 13.1. The largest absolute Gasteiger partial charge is 0.497 e. The summed E-state index contributed by atoms with van der Waals surface area (Å²) in [5.74, 6) is 0.812. The molecule has 0 saturated carbocycles. The Labute approximate surface area is 187 Å². The molecule has 0 spiro atoms. The van der Waals surface area contributed by atoms with Gasteiger partial charge in [-0.15, -0.1) is 0 Å². The van der Waals surface area contributed by atoms with E-state index in [-0.39, 0.29) is 17.6 Å². The standard InChI is InChI=1S/C23H27N3O4S/c1-15(2)19-11-5-16(3)13-20(19)30-14-22(28)25-26-23(31)24-21(27)12-8-17-6-9-18(29-4)10-7-17/h5-13,15H,14H2,1-4H3,(H,25,28)(H2,24,26,27,31)/b12-8+. The van der Waals surface area contributed by atoms with Crippen LogP contribution in [0.3, 0.4) is 0 Å². The van der Waals surface area contributed by atoms with E-state index in [0.717, 1.165) is 22.4 Å². The zero-order valence-corrected chi connectivity index (χ0v) is 18.8. The van der Waals surface area contributed by atoms with Crippen LogP contribution in [0.25, 0.3) is 6.08 Å². The van der Waals surface area contributed by atoms with E-state index < -0.39 is 11.8 Å². The van der Waals surface area contributed by atoms with Crippen molar-refractivity contribution < 1.29 is 19.1 Å². The zero-order valence-electron chi connectivity index (χ0n) is 18.0. The van der Waals surface area contributed by atoms with Gasteiger partial charge in [0, 0.05) is 6.08 Å². The highest BCUT2D eigenvalue weighted by Crippen LogP contribution is 2.27. The van der Waals surface area contributed by atoms with Gasteiger partial charge in [-0.05, 0) is 66.0 Å². The number of thiocarbonyl (C=S) groups is 1. The maximum absolute atomic E-state index is 12.0. The molecule has 164 valence electrons. The molecule has 0 fully saturated rings. The highest BCUT2D eigenvalue weighted by Gasteiger charge is 2.10. The van der Waals surface area contributed by atoms with Crippen LogP contribution in [0.2, 0.25) is 0 Å². The van der Waals surface area contributed by atoms with Crippen molar-refractivity contribution in [2.45, 2.75) is 26.7 Å². The van der Waals surface area contributed by atoms with Gasteiger partial charge in [-0.3, -0.25) is 25.8 Å². The number of methoxy groups -OCH3 is 1. The van der Waals surface area contributed by atoms with Gasteiger partial charge in [0.2, 0.25) is 5.91 Å². The first kappa shape index (κ1) is 23.9. The molecule has 3 N–H and O–H groups in total. The Hall–Kier alpha value is -3.39. The molecule has 2 amide bonds. The fourth-order valence-corrected chi connectivity index (χ4v) is 2.77. The topological polar surface area (TPSA) is 88.7 Å². The van der Waals surface area contributed by atoms with Crippen molar-refractivity contribution in [1.82, 2.24) is 16.2 Å². The van der Waals surface area contributed by atoms with Crippen LogP contribution in [0.4, 0.5) is 0 Å². The Morgan fingerprint density at radius 3 is 2.45 bits per heavy atom. The van der Waals surface area contributed by atoms with Crippen LogP contribution >= 0.6 is 12.2 Å². The molecule has 0 atom stereocenters. The van der Waals surface area contributed by atoms with Crippen LogP contribution in [0.5, 0.6) is 11.5 Å². The number of amides is 2. The molecule has 0 radical (unpaired) electrons. The third-order valence-electron chi connectivity index (χ3n) is 4.24. The fraction of sp³-hybridized carbons (Fsp3) is 0.261. The predicted molar refractivity (Wildman–Crippen MR) is 125 cm³/mol. The number of nitrogens with one attached hydrogen (secondary N) is 3. The number of hydrogen-bond acceptors (Lipinski definition) is 5. The van der Waals surface area contributed by atoms with Crippen molar-refractivity contribution in [1.29, 1.82) is 0 Å². The second kappa shape index (κ2) is 11.7. The maximum Gasteiger partial charge on any atom is 0.276 e. The van der Waals surface area contributed by atoms with E-state index in [1.54, 1.807) is 25.3 Å². The predicted octanol–water partition coefficient (Wildman–Crippen LogP) is 3.24. The lowest BCUT2D eigenvalue weighted by atomic mass is 10.0. The summed E-state index contributed by atoms with van der Waals surface area (Å²) in [6.07, 6.45) is 2.98. The smallest absolute Gasteiger partial charge is 0.276 e. The normalized spacial score (nSPS) is 10.6. The molecule has 0 unspecified atom stereocenters. The lowest BCUT2D eigenvalue weighted by molar-refractivity contribution is -0.123. The number of aryl methyl sites for hydroxylation is 1. The highest BCUT2D eigenvalue weighted by molar-refractivity contribution is 7.80. The van der Waals surface area contributed by atoms with E-state index in [4.69, 9.17) is 21.7 Å². The van der Waals surface area contributed by atoms with Gasteiger partial charge >= 0.3 is 0 Å². The summed E-state index contributed by atoms with van der Waals surface area (Å²) in [4.78, 5) is 24.0. The highest BCUT2D eigenvalue weighted by atomic mass is 32.1. The number of hydrogen-bond donors (Lipinski definition) is 3. The molecule has 0 aromatic heterocycles. The number of ether oxygens (including phenoxy) is 2. The van der Waals surface area contributed by atoms with Gasteiger partial charge in [0.15, 0.2) is 11.7 Å². The van der Waals surface area contributed by atoms with Gasteiger partial charge < -0.3 is 9.47 Å². The minimum atomic E-state index is -0.430. The number of carbonyl (C=O) groups excluding carboxylic acids is 2. The van der Waals surface area contributed by atoms with Crippen molar-refractivity contribution in [2.75, 3.05) is 13.7 Å². The molecule has 0 aliphatic heterocycles. The molecule has 31 heavy (non-hydrogen) atoms. The van der Waals surface area contributed by atoms with Crippen molar-refractivity contribution >= 4 is 35.2 Å². The van der Waals surface area contributed by atoms with E-state index in [0.29, 0.717) is 5.75 Å². The Morgan fingerprint density at radius 2 is 1.81 bits per heavy atom. The van der Waals surface area contributed by atoms with E-state index in [9.17, 15) is 9.59 Å². The minimum absolute atomic E-state index is 0.0313. The van der Waals surface area contributed by atoms with E-state index in [2.05, 4.69) is 30.0 Å². The van der Waals surface area contributed by atoms with Crippen LogP contribution in [0, 0.1) is 6.92 Å². The van der Waals surface area contributed by atoms with Crippen molar-refractivity contribution in [2.24, 2.45) is 0 Å². The zero-order chi connectivity index (χ0) is 22.8. The molecule has 0 aliphatic carbocycles. The van der Waals surface area contributed by atoms with Gasteiger partial charge in [-0.25, -0.2) is 0 Å². The summed E-state index contributed by atoms with van der Waals surface area (Å²) in [5, 5.41) is 2.42. The first-order chi connectivity index (χ1) is 14.8. The van der Waals surface area contributed by atoms with Crippen LogP contribution in [-0.2, 0) is 9.59 Å². The van der Waals surface area contributed by atoms with Gasteiger partial charge in [0.1, 0.15) is 11.5 Å². The molecule has 0 aliphatic rings. The van der Waals surface area contributed by atoms with Crippen LogP contribution in [0.15, 0.2) is 48.5 Å². The van der Waals surface area contributed by atoms with Crippen LogP contribution in [-0.4, -0.2) is 30.6 Å². The SMILES string of the molecule is COc1ccc(/C=C/C(=O)NC(=S)NNC(=O)COc2cc(C)ccc2C(C)C)cc1. The summed E-state index contributed by atoms with van der Waals surface area (Å²) in [6.45, 7) is 5.89. The van der Waals surface area contributed by atoms with Gasteiger partial charge in [0.25, 0.3) is 5.91 Å². The average Bonchev–Trinajstić information content (AvgIpc) is 2.75. The molecule has 7 nitrogen and oxygen atoms in total. The van der Waals surface area contributed by atoms with Crippen molar-refractivity contribution in [3.8, 4) is 11.5 Å². The molecule has 0 saturated heterocycles. The molecule has 2 rings (SSSR count). The Balaban J connectivity index is 1.76. The number of rotatable bonds is 7. The second-order valence-electron chi connectivity index (χ2n) is 7.08. The lowest BCUT2D eigenvalue weighted by Crippen LogP contribution is -2.49. The Bertz CT molecular complexity index is 956. The van der Waals surface area contributed by atoms with E-state index in [1.807, 2.05) is 37.3 Å². The molecule has 2 aromatic carbocycles. The van der Waals surface area contributed by atoms with Gasteiger partial charge in [0.05, 0.1) is 7.11 Å². The molecular formula is C23H27N3O4S. The first-order valence-electron chi connectivity index (χ1n) is 9.73. The number of carbonyl (C=O) groups is 2. The van der Waals surface area contributed by atoms with Crippen LogP contribution < -0.4 is 25.6 Å². The summed E-state index contributed by atoms with van der Waals surface area (Å²) in [5.41, 5.74) is 7.78. The summed E-state index contributed by atoms with van der Waals surface area (Å²) >= 11 is 5.01. The van der Waals surface area contributed by atoms with Crippen LogP contribution in [0.1, 0.15) is 36.5 Å². The summed E-state index contributed by atoms with van der Waals surface area (Å²) in [7, 11) is 1.59. The van der Waals surface area contributed by atoms with E-state index >= 15 is 0 Å². The Morgan fingerprint density at radius 1 is 1.10 bits per heavy atom. The monoisotopic (exact) mass is 441 g/mol. The molecular weight excluding hydrogens is 414 g/mol. The number of hydrazine groups is 1. The van der Waals surface area contributed by atoms with E-state index in [1.165, 1.54) is 6.08 Å². The fourth-order valence-electron chi connectivity index (χ4n) is 2.62. The van der Waals surface area contributed by atoms with Gasteiger partial charge in [-0.2, -0.15) is 0 Å². The van der Waals surface area contributed by atoms with Crippen molar-refractivity contribution in [3.63, 3.8) is 0 Å². The Kier molecular flexibility index (Phi) is 9.02. The lowest BCUT2D eigenvalue weighted by Gasteiger charge is -2.15. The third-order valence-corrected chi connectivity index (χ3v) is 4.45. The molecule has 0 heterocycles. The quantitative estimate of drug-likeness (QED) is 0.347. The summed E-state index contributed by atoms with van der Waals surface area (Å²) < 4.78 is 10.7. The molecule has 8 heteroatoms. The molecule has 0 bridgehead atoms. The molecule has 2 aromatic rings.